The first-order valence-corrected chi connectivity index (χ1v) is 11.3. The van der Waals surface area contributed by atoms with Crippen LogP contribution >= 0.6 is 7.67 Å². The fraction of sp³-hybridized carbons (Fsp3) is 0.579. The van der Waals surface area contributed by atoms with Gasteiger partial charge in [-0.15, -0.1) is 0 Å². The third-order valence-electron chi connectivity index (χ3n) is 3.81. The number of rotatable bonds is 12. The lowest BCUT2D eigenvalue weighted by Gasteiger charge is -2.26. The summed E-state index contributed by atoms with van der Waals surface area (Å²) < 4.78 is 24.1. The summed E-state index contributed by atoms with van der Waals surface area (Å²) in [6, 6.07) is 3.14. The van der Waals surface area contributed by atoms with E-state index in [2.05, 4.69) is 10.2 Å². The molecule has 11 heteroatoms. The van der Waals surface area contributed by atoms with E-state index in [1.807, 2.05) is 13.8 Å². The molecule has 0 heterocycles. The molecule has 3 atom stereocenters. The quantitative estimate of drug-likeness (QED) is 0.215. The number of non-ortho nitro benzene ring substituents is 1. The number of hydrogen-bond acceptors (Lipinski definition) is 7. The maximum absolute atomic E-state index is 13.5. The van der Waals surface area contributed by atoms with Gasteiger partial charge in [0.1, 0.15) is 17.6 Å². The predicted molar refractivity (Wildman–Crippen MR) is 112 cm³/mol. The Morgan fingerprint density at radius 2 is 1.57 bits per heavy atom. The van der Waals surface area contributed by atoms with Crippen LogP contribution in [0.3, 0.4) is 0 Å². The van der Waals surface area contributed by atoms with Crippen molar-refractivity contribution in [1.82, 2.24) is 10.2 Å². The SMILES string of the molecule is CC(C)CC(=O)[C@H](C)NP(=O)(N[C@@H](C)C(=O)OC(C)C)Oc1ccc([N+](=O)[O-])cc1. The number of hydrogen-bond donors (Lipinski definition) is 2. The van der Waals surface area contributed by atoms with Gasteiger partial charge in [-0.05, 0) is 45.7 Å². The minimum Gasteiger partial charge on any atom is -0.462 e. The smallest absolute Gasteiger partial charge is 0.391 e. The maximum atomic E-state index is 13.5. The molecule has 30 heavy (non-hydrogen) atoms. The van der Waals surface area contributed by atoms with Crippen LogP contribution < -0.4 is 14.7 Å². The van der Waals surface area contributed by atoms with Crippen LogP contribution in [-0.2, 0) is 18.9 Å². The van der Waals surface area contributed by atoms with E-state index in [0.717, 1.165) is 0 Å². The van der Waals surface area contributed by atoms with Crippen LogP contribution in [0.25, 0.3) is 0 Å². The molecule has 10 nitrogen and oxygen atoms in total. The van der Waals surface area contributed by atoms with Gasteiger partial charge < -0.3 is 9.26 Å². The van der Waals surface area contributed by atoms with E-state index in [9.17, 15) is 24.3 Å². The van der Waals surface area contributed by atoms with Gasteiger partial charge in [0.15, 0.2) is 0 Å². The summed E-state index contributed by atoms with van der Waals surface area (Å²) in [6.45, 7) is 10.2. The lowest BCUT2D eigenvalue weighted by Crippen LogP contribution is -2.43. The maximum Gasteiger partial charge on any atom is 0.391 e. The summed E-state index contributed by atoms with van der Waals surface area (Å²) in [5.41, 5.74) is -0.160. The number of Topliss-reactive ketones (excluding diaryl/α,β-unsaturated/α-hetero) is 1. The highest BCUT2D eigenvalue weighted by Gasteiger charge is 2.34. The zero-order chi connectivity index (χ0) is 23.1. The molecule has 1 rings (SSSR count). The van der Waals surface area contributed by atoms with Gasteiger partial charge in [-0.1, -0.05) is 13.8 Å². The van der Waals surface area contributed by atoms with Crippen molar-refractivity contribution in [3.8, 4) is 5.75 Å². The summed E-state index contributed by atoms with van der Waals surface area (Å²) in [5.74, 6) is -0.626. The Balaban J connectivity index is 3.07. The van der Waals surface area contributed by atoms with E-state index < -0.39 is 30.6 Å². The molecule has 0 spiro atoms. The van der Waals surface area contributed by atoms with E-state index in [4.69, 9.17) is 9.26 Å². The van der Waals surface area contributed by atoms with Gasteiger partial charge in [-0.25, -0.2) is 14.7 Å². The highest BCUT2D eigenvalue weighted by atomic mass is 31.2. The fourth-order valence-electron chi connectivity index (χ4n) is 2.42. The average Bonchev–Trinajstić information content (AvgIpc) is 2.60. The molecule has 1 unspecified atom stereocenters. The molecule has 1 aromatic carbocycles. The molecule has 0 aliphatic heterocycles. The molecule has 0 aromatic heterocycles. The number of nitrogens with zero attached hydrogens (tertiary/aromatic N) is 1. The number of ether oxygens (including phenoxy) is 1. The number of esters is 1. The average molecular weight is 443 g/mol. The second-order valence-electron chi connectivity index (χ2n) is 7.65. The van der Waals surface area contributed by atoms with Crippen LogP contribution in [0.2, 0.25) is 0 Å². The van der Waals surface area contributed by atoms with Crippen molar-refractivity contribution in [2.45, 2.75) is 66.2 Å². The van der Waals surface area contributed by atoms with E-state index >= 15 is 0 Å². The first kappa shape index (κ1) is 25.7. The van der Waals surface area contributed by atoms with Crippen molar-refractivity contribution in [2.24, 2.45) is 5.92 Å². The zero-order valence-corrected chi connectivity index (χ0v) is 19.0. The minimum absolute atomic E-state index is 0.0665. The van der Waals surface area contributed by atoms with Crippen LogP contribution in [0.4, 0.5) is 5.69 Å². The van der Waals surface area contributed by atoms with Gasteiger partial charge in [0.25, 0.3) is 5.69 Å². The molecule has 0 saturated carbocycles. The van der Waals surface area contributed by atoms with Gasteiger partial charge in [-0.3, -0.25) is 19.7 Å². The molecule has 0 aliphatic rings. The lowest BCUT2D eigenvalue weighted by molar-refractivity contribution is -0.384. The van der Waals surface area contributed by atoms with Crippen molar-refractivity contribution in [2.75, 3.05) is 0 Å². The van der Waals surface area contributed by atoms with Gasteiger partial charge in [-0.2, -0.15) is 0 Å². The Morgan fingerprint density at radius 3 is 2.03 bits per heavy atom. The van der Waals surface area contributed by atoms with Crippen molar-refractivity contribution < 1.29 is 28.3 Å². The van der Waals surface area contributed by atoms with Crippen molar-refractivity contribution in [3.05, 3.63) is 34.4 Å². The normalized spacial score (nSPS) is 15.3. The number of carbonyl (C=O) groups excluding carboxylic acids is 2. The number of benzene rings is 1. The Morgan fingerprint density at radius 1 is 1.03 bits per heavy atom. The van der Waals surface area contributed by atoms with E-state index in [-0.39, 0.29) is 35.7 Å². The van der Waals surface area contributed by atoms with E-state index in [0.29, 0.717) is 0 Å². The molecule has 0 saturated heterocycles. The summed E-state index contributed by atoms with van der Waals surface area (Å²) in [6.07, 6.45) is -0.0902. The van der Waals surface area contributed by atoms with Crippen molar-refractivity contribution in [3.63, 3.8) is 0 Å². The number of nitro groups is 1. The predicted octanol–water partition coefficient (Wildman–Crippen LogP) is 3.60. The van der Waals surface area contributed by atoms with Gasteiger partial charge in [0.2, 0.25) is 0 Å². The fourth-order valence-corrected chi connectivity index (χ4v) is 4.28. The second-order valence-corrected chi connectivity index (χ2v) is 9.45. The molecule has 0 aliphatic carbocycles. The Labute approximate surface area is 176 Å². The van der Waals surface area contributed by atoms with Gasteiger partial charge in [0.05, 0.1) is 17.1 Å². The molecule has 168 valence electrons. The molecule has 1 aromatic rings. The lowest BCUT2D eigenvalue weighted by atomic mass is 10.0. The monoisotopic (exact) mass is 443 g/mol. The first-order valence-electron chi connectivity index (χ1n) is 9.66. The van der Waals surface area contributed by atoms with Crippen molar-refractivity contribution >= 4 is 25.1 Å². The largest absolute Gasteiger partial charge is 0.462 e. The minimum atomic E-state index is -3.98. The molecule has 0 amide bonds. The molecular weight excluding hydrogens is 413 g/mol. The van der Waals surface area contributed by atoms with Gasteiger partial charge in [0, 0.05) is 18.6 Å². The first-order chi connectivity index (χ1) is 13.8. The van der Waals surface area contributed by atoms with Crippen LogP contribution in [0.15, 0.2) is 24.3 Å². The third-order valence-corrected chi connectivity index (χ3v) is 5.73. The second kappa shape index (κ2) is 11.2. The van der Waals surface area contributed by atoms with Crippen LogP contribution in [0, 0.1) is 16.0 Å². The number of carbonyl (C=O) groups is 2. The summed E-state index contributed by atoms with van der Waals surface area (Å²) in [5, 5.41) is 16.1. The Kier molecular flexibility index (Phi) is 9.61. The summed E-state index contributed by atoms with van der Waals surface area (Å²) in [4.78, 5) is 34.7. The zero-order valence-electron chi connectivity index (χ0n) is 18.1. The molecule has 2 N–H and O–H groups in total. The van der Waals surface area contributed by atoms with E-state index in [1.54, 1.807) is 20.8 Å². The number of ketones is 1. The van der Waals surface area contributed by atoms with Crippen LogP contribution in [0.5, 0.6) is 5.75 Å². The highest BCUT2D eigenvalue weighted by Crippen LogP contribution is 2.40. The van der Waals surface area contributed by atoms with Gasteiger partial charge >= 0.3 is 13.6 Å². The topological polar surface area (TPSA) is 137 Å². The van der Waals surface area contributed by atoms with Crippen LogP contribution in [-0.4, -0.2) is 34.9 Å². The van der Waals surface area contributed by atoms with E-state index in [1.165, 1.54) is 31.2 Å². The third kappa shape index (κ3) is 8.61. The highest BCUT2D eigenvalue weighted by molar-refractivity contribution is 7.55. The number of nitro benzene ring substituents is 1. The molecule has 0 bridgehead atoms. The Bertz CT molecular complexity index is 762. The van der Waals surface area contributed by atoms with Crippen LogP contribution in [0.1, 0.15) is 48.0 Å². The molecule has 0 fully saturated rings. The molecule has 0 radical (unpaired) electrons. The molecular formula is C19H30N3O7P. The standard InChI is InChI=1S/C19H30N3O7P/c1-12(2)11-18(23)14(5)20-30(27,21-15(6)19(24)28-13(3)4)29-17-9-7-16(8-10-17)22(25)26/h7-10,12-15H,11H2,1-6H3,(H2,20,21,27)/t14-,15-,30?/m0/s1. The number of nitrogens with one attached hydrogen (secondary N) is 2. The summed E-state index contributed by atoms with van der Waals surface area (Å²) >= 11 is 0. The summed E-state index contributed by atoms with van der Waals surface area (Å²) in [7, 11) is -3.98. The van der Waals surface area contributed by atoms with Crippen molar-refractivity contribution in [1.29, 1.82) is 0 Å². The Hall–Kier alpha value is -2.29.